The number of primary amides is 1. The zero-order valence-electron chi connectivity index (χ0n) is 10.3. The van der Waals surface area contributed by atoms with Crippen LogP contribution >= 0.6 is 0 Å². The molecule has 0 radical (unpaired) electrons. The highest BCUT2D eigenvalue weighted by Crippen LogP contribution is 2.31. The molecule has 1 aliphatic carbocycles. The lowest BCUT2D eigenvalue weighted by atomic mass is 9.96. The number of carboxylic acid groups (broad SMARTS) is 1. The van der Waals surface area contributed by atoms with Gasteiger partial charge in [0.05, 0.1) is 12.0 Å². The summed E-state index contributed by atoms with van der Waals surface area (Å²) >= 11 is 0. The fourth-order valence-corrected chi connectivity index (χ4v) is 2.26. The van der Waals surface area contributed by atoms with Crippen molar-refractivity contribution in [1.82, 2.24) is 10.6 Å². The monoisotopic (exact) mass is 257 g/mol. The van der Waals surface area contributed by atoms with Gasteiger partial charge in [0.25, 0.3) is 0 Å². The minimum atomic E-state index is -0.891. The Bertz CT molecular complexity index is 345. The van der Waals surface area contributed by atoms with Gasteiger partial charge in [0.15, 0.2) is 0 Å². The normalized spacial score (nSPS) is 24.5. The first-order valence-corrected chi connectivity index (χ1v) is 5.98. The smallest absolute Gasteiger partial charge is 0.318 e. The van der Waals surface area contributed by atoms with Crippen molar-refractivity contribution in [2.45, 2.75) is 32.2 Å². The molecular formula is C11H19N3O4. The number of nitrogens with two attached hydrogens (primary N) is 1. The van der Waals surface area contributed by atoms with Crippen molar-refractivity contribution >= 4 is 17.9 Å². The maximum atomic E-state index is 11.4. The molecule has 0 aromatic heterocycles. The van der Waals surface area contributed by atoms with Gasteiger partial charge in [-0.1, -0.05) is 6.42 Å². The van der Waals surface area contributed by atoms with Gasteiger partial charge in [-0.3, -0.25) is 14.9 Å². The second-order valence-electron chi connectivity index (χ2n) is 4.62. The topological polar surface area (TPSA) is 122 Å². The second-order valence-corrected chi connectivity index (χ2v) is 4.62. The average Bonchev–Trinajstić information content (AvgIpc) is 2.72. The first-order chi connectivity index (χ1) is 8.41. The van der Waals surface area contributed by atoms with E-state index in [1.807, 2.05) is 5.32 Å². The van der Waals surface area contributed by atoms with E-state index in [1.165, 1.54) is 0 Å². The third-order valence-corrected chi connectivity index (χ3v) is 3.30. The van der Waals surface area contributed by atoms with Crippen LogP contribution in [0.3, 0.4) is 0 Å². The number of hydrogen-bond acceptors (Lipinski definition) is 4. The third kappa shape index (κ3) is 3.99. The zero-order chi connectivity index (χ0) is 13.7. The van der Waals surface area contributed by atoms with Crippen LogP contribution in [0.5, 0.6) is 0 Å². The number of amides is 3. The molecule has 7 nitrogen and oxygen atoms in total. The van der Waals surface area contributed by atoms with Crippen molar-refractivity contribution in [3.63, 3.8) is 0 Å². The average molecular weight is 257 g/mol. The number of imide groups is 1. The summed E-state index contributed by atoms with van der Waals surface area (Å²) in [5, 5.41) is 13.9. The Labute approximate surface area is 105 Å². The van der Waals surface area contributed by atoms with Crippen molar-refractivity contribution < 1.29 is 19.5 Å². The molecule has 1 fully saturated rings. The molecule has 1 aliphatic rings. The van der Waals surface area contributed by atoms with E-state index in [0.717, 1.165) is 12.8 Å². The second kappa shape index (κ2) is 6.34. The minimum absolute atomic E-state index is 0.0336. The van der Waals surface area contributed by atoms with Crippen LogP contribution < -0.4 is 16.4 Å². The summed E-state index contributed by atoms with van der Waals surface area (Å²) in [6, 6.07) is -1.47. The number of aliphatic carboxylic acids is 1. The van der Waals surface area contributed by atoms with E-state index in [2.05, 4.69) is 5.32 Å². The number of carbonyl (C=O) groups excluding carboxylic acids is 2. The molecule has 18 heavy (non-hydrogen) atoms. The van der Waals surface area contributed by atoms with Gasteiger partial charge >= 0.3 is 12.0 Å². The van der Waals surface area contributed by atoms with Crippen molar-refractivity contribution in [3.8, 4) is 0 Å². The van der Waals surface area contributed by atoms with E-state index in [0.29, 0.717) is 13.0 Å². The summed E-state index contributed by atoms with van der Waals surface area (Å²) in [4.78, 5) is 32.9. The predicted molar refractivity (Wildman–Crippen MR) is 63.7 cm³/mol. The van der Waals surface area contributed by atoms with Crippen LogP contribution in [-0.4, -0.2) is 35.6 Å². The third-order valence-electron chi connectivity index (χ3n) is 3.30. The SMILES string of the molecule is CC(NCC1CCCC1C(=O)O)C(=O)NC(N)=O. The van der Waals surface area contributed by atoms with Gasteiger partial charge < -0.3 is 16.2 Å². The molecule has 5 N–H and O–H groups in total. The van der Waals surface area contributed by atoms with Gasteiger partial charge in [0.1, 0.15) is 0 Å². The number of rotatable bonds is 5. The number of carbonyl (C=O) groups is 3. The molecular weight excluding hydrogens is 238 g/mol. The largest absolute Gasteiger partial charge is 0.481 e. The van der Waals surface area contributed by atoms with Gasteiger partial charge in [0, 0.05) is 0 Å². The Hall–Kier alpha value is -1.63. The summed E-state index contributed by atoms with van der Waals surface area (Å²) in [6.07, 6.45) is 2.42. The molecule has 7 heteroatoms. The van der Waals surface area contributed by atoms with Crippen LogP contribution in [0.15, 0.2) is 0 Å². The summed E-state index contributed by atoms with van der Waals surface area (Å²) < 4.78 is 0. The number of carboxylic acids is 1. The number of urea groups is 1. The van der Waals surface area contributed by atoms with Crippen molar-refractivity contribution in [1.29, 1.82) is 0 Å². The van der Waals surface area contributed by atoms with E-state index in [4.69, 9.17) is 10.8 Å². The van der Waals surface area contributed by atoms with Gasteiger partial charge in [-0.2, -0.15) is 0 Å². The van der Waals surface area contributed by atoms with Crippen molar-refractivity contribution in [3.05, 3.63) is 0 Å². The zero-order valence-corrected chi connectivity index (χ0v) is 10.3. The standard InChI is InChI=1S/C11H19N3O4/c1-6(9(15)14-11(12)18)13-5-7-3-2-4-8(7)10(16)17/h6-8,13H,2-5H2,1H3,(H,16,17)(H3,12,14,15,18). The van der Waals surface area contributed by atoms with Gasteiger partial charge in [0.2, 0.25) is 5.91 Å². The Morgan fingerprint density at radius 2 is 2.06 bits per heavy atom. The highest BCUT2D eigenvalue weighted by atomic mass is 16.4. The Kier molecular flexibility index (Phi) is 5.08. The van der Waals surface area contributed by atoms with Crippen LogP contribution in [0.4, 0.5) is 4.79 Å². The van der Waals surface area contributed by atoms with E-state index < -0.39 is 23.9 Å². The highest BCUT2D eigenvalue weighted by molar-refractivity contribution is 5.96. The lowest BCUT2D eigenvalue weighted by Crippen LogP contribution is -2.47. The quantitative estimate of drug-likeness (QED) is 0.537. The molecule has 1 saturated carbocycles. The molecule has 0 heterocycles. The van der Waals surface area contributed by atoms with E-state index in [9.17, 15) is 14.4 Å². The molecule has 3 unspecified atom stereocenters. The lowest BCUT2D eigenvalue weighted by molar-refractivity contribution is -0.142. The van der Waals surface area contributed by atoms with Crippen LogP contribution in [0.2, 0.25) is 0 Å². The summed E-state index contributed by atoms with van der Waals surface area (Å²) in [6.45, 7) is 2.05. The highest BCUT2D eigenvalue weighted by Gasteiger charge is 2.33. The maximum Gasteiger partial charge on any atom is 0.318 e. The molecule has 1 rings (SSSR count). The molecule has 3 amide bonds. The lowest BCUT2D eigenvalue weighted by Gasteiger charge is -2.19. The number of hydrogen-bond donors (Lipinski definition) is 4. The predicted octanol–water partition coefficient (Wildman–Crippen LogP) is -0.340. The van der Waals surface area contributed by atoms with Gasteiger partial charge in [-0.05, 0) is 32.2 Å². The van der Waals surface area contributed by atoms with Crippen LogP contribution in [0.25, 0.3) is 0 Å². The van der Waals surface area contributed by atoms with Crippen LogP contribution in [0.1, 0.15) is 26.2 Å². The van der Waals surface area contributed by atoms with E-state index in [-0.39, 0.29) is 11.8 Å². The summed E-state index contributed by atoms with van der Waals surface area (Å²) in [5.74, 6) is -1.60. The van der Waals surface area contributed by atoms with E-state index in [1.54, 1.807) is 6.92 Å². The molecule has 102 valence electrons. The van der Waals surface area contributed by atoms with Gasteiger partial charge in [-0.15, -0.1) is 0 Å². The minimum Gasteiger partial charge on any atom is -0.481 e. The molecule has 3 atom stereocenters. The molecule has 0 aromatic rings. The molecule has 0 aromatic carbocycles. The van der Waals surface area contributed by atoms with Crippen LogP contribution in [0, 0.1) is 11.8 Å². The Balaban J connectivity index is 2.38. The molecule has 0 spiro atoms. The number of nitrogens with one attached hydrogen (secondary N) is 2. The Morgan fingerprint density at radius 3 is 2.61 bits per heavy atom. The molecule has 0 saturated heterocycles. The summed E-state index contributed by atoms with van der Waals surface area (Å²) in [7, 11) is 0. The van der Waals surface area contributed by atoms with Gasteiger partial charge in [-0.25, -0.2) is 4.79 Å². The first kappa shape index (κ1) is 14.4. The summed E-state index contributed by atoms with van der Waals surface area (Å²) in [5.41, 5.74) is 4.83. The Morgan fingerprint density at radius 1 is 1.39 bits per heavy atom. The fraction of sp³-hybridized carbons (Fsp3) is 0.727. The molecule has 0 bridgehead atoms. The first-order valence-electron chi connectivity index (χ1n) is 5.98. The fourth-order valence-electron chi connectivity index (χ4n) is 2.26. The maximum absolute atomic E-state index is 11.4. The van der Waals surface area contributed by atoms with Crippen molar-refractivity contribution in [2.75, 3.05) is 6.54 Å². The van der Waals surface area contributed by atoms with Crippen molar-refractivity contribution in [2.24, 2.45) is 17.6 Å². The molecule has 0 aliphatic heterocycles. The van der Waals surface area contributed by atoms with Crippen LogP contribution in [-0.2, 0) is 9.59 Å². The van der Waals surface area contributed by atoms with E-state index >= 15 is 0 Å².